The quantitative estimate of drug-likeness (QED) is 0.123. The van der Waals surface area contributed by atoms with E-state index in [2.05, 4.69) is 164 Å². The van der Waals surface area contributed by atoms with Crippen LogP contribution in [-0.2, 0) is 0 Å². The van der Waals surface area contributed by atoms with Crippen molar-refractivity contribution in [3.63, 3.8) is 0 Å². The monoisotopic (exact) mass is 647 g/mol. The molecule has 0 saturated carbocycles. The van der Waals surface area contributed by atoms with E-state index in [-0.39, 0.29) is 0 Å². The molecule has 0 unspecified atom stereocenters. The predicted octanol–water partition coefficient (Wildman–Crippen LogP) is 11.2. The van der Waals surface area contributed by atoms with Crippen LogP contribution in [0.2, 0.25) is 0 Å². The summed E-state index contributed by atoms with van der Waals surface area (Å²) in [4.78, 5) is 19.1. The summed E-state index contributed by atoms with van der Waals surface area (Å²) < 4.78 is 0. The maximum absolute atomic E-state index is 5.29. The summed E-state index contributed by atoms with van der Waals surface area (Å²) in [7, 11) is 0. The van der Waals surface area contributed by atoms with Gasteiger partial charge in [0, 0.05) is 59.9 Å². The van der Waals surface area contributed by atoms with Gasteiger partial charge >= 0.3 is 0 Å². The minimum Gasteiger partial charge on any atom is -0.372 e. The first kappa shape index (κ1) is 33.7. The van der Waals surface area contributed by atoms with Crippen molar-refractivity contribution in [1.82, 2.24) is 4.98 Å². The van der Waals surface area contributed by atoms with Crippen molar-refractivity contribution < 1.29 is 0 Å². The molecule has 0 fully saturated rings. The minimum atomic E-state index is 0.708. The van der Waals surface area contributed by atoms with Crippen LogP contribution in [0.4, 0.5) is 17.2 Å². The second-order valence-electron chi connectivity index (χ2n) is 12.7. The first-order valence-corrected chi connectivity index (χ1v) is 18.1. The minimum absolute atomic E-state index is 0.708. The van der Waals surface area contributed by atoms with Gasteiger partial charge in [-0.1, -0.05) is 113 Å². The lowest BCUT2D eigenvalue weighted by molar-refractivity contribution is 0.745. The van der Waals surface area contributed by atoms with Gasteiger partial charge in [-0.15, -0.1) is 0 Å². The standard InChI is InChI=1S/C44H49N5/c1-5-27-48(28-6-2)37-23-19-35(20-24-37)41-31-39(33-15-11-9-12-16-33)43(45-41)47-44-40(34-17-13-10-14-18-34)32-42(46-44)36-21-25-38(26-22-36)49(29-7-3)30-8-4/h9-26,31-32,45H,5-8,27-30H2,1-4H3. The Morgan fingerprint density at radius 3 is 1.55 bits per heavy atom. The molecule has 5 heteroatoms. The molecule has 2 heterocycles. The Morgan fingerprint density at radius 1 is 0.551 bits per heavy atom. The first-order chi connectivity index (χ1) is 24.1. The third kappa shape index (κ3) is 7.94. The van der Waals surface area contributed by atoms with Gasteiger partial charge in [0.15, 0.2) is 5.84 Å². The Hall–Kier alpha value is -5.16. The molecule has 0 bridgehead atoms. The molecule has 250 valence electrons. The molecule has 0 spiro atoms. The lowest BCUT2D eigenvalue weighted by atomic mass is 10.0. The molecule has 1 aliphatic rings. The number of nitrogens with one attached hydrogen (secondary N) is 1. The SMILES string of the molecule is CCCN(CCC)c1ccc(C2=NC(=Nc3[nH]c(-c4ccc(N(CCC)CCC)cc4)cc3-c3ccccc3)C(c3ccccc3)=C2)cc1. The number of anilines is 2. The number of amidine groups is 1. The van der Waals surface area contributed by atoms with Gasteiger partial charge in [0.2, 0.25) is 0 Å². The Morgan fingerprint density at radius 2 is 1.04 bits per heavy atom. The van der Waals surface area contributed by atoms with E-state index in [0.29, 0.717) is 5.84 Å². The van der Waals surface area contributed by atoms with Crippen LogP contribution in [-0.4, -0.2) is 42.7 Å². The number of rotatable bonds is 15. The fourth-order valence-electron chi connectivity index (χ4n) is 6.62. The van der Waals surface area contributed by atoms with Gasteiger partial charge in [-0.25, -0.2) is 9.98 Å². The van der Waals surface area contributed by atoms with Crippen LogP contribution in [0.3, 0.4) is 0 Å². The molecule has 4 aromatic carbocycles. The Bertz CT molecular complexity index is 1870. The van der Waals surface area contributed by atoms with E-state index < -0.39 is 0 Å². The number of hydrogen-bond donors (Lipinski definition) is 1. The second-order valence-corrected chi connectivity index (χ2v) is 12.7. The van der Waals surface area contributed by atoms with E-state index in [0.717, 1.165) is 102 Å². The van der Waals surface area contributed by atoms with Crippen LogP contribution in [0.1, 0.15) is 64.5 Å². The maximum Gasteiger partial charge on any atom is 0.162 e. The van der Waals surface area contributed by atoms with Crippen molar-refractivity contribution >= 4 is 34.3 Å². The summed E-state index contributed by atoms with van der Waals surface area (Å²) in [5.41, 5.74) is 11.0. The van der Waals surface area contributed by atoms with Crippen molar-refractivity contribution in [2.75, 3.05) is 36.0 Å². The molecule has 49 heavy (non-hydrogen) atoms. The van der Waals surface area contributed by atoms with Crippen LogP contribution in [0.5, 0.6) is 0 Å². The van der Waals surface area contributed by atoms with Crippen LogP contribution >= 0.6 is 0 Å². The van der Waals surface area contributed by atoms with Crippen molar-refractivity contribution in [2.24, 2.45) is 9.98 Å². The Kier molecular flexibility index (Phi) is 11.2. The Labute approximate surface area is 292 Å². The number of aliphatic imine (C=N–C) groups is 2. The molecular formula is C44H49N5. The number of nitrogens with zero attached hydrogens (tertiary/aromatic N) is 4. The number of hydrogen-bond acceptors (Lipinski definition) is 3. The highest BCUT2D eigenvalue weighted by atomic mass is 15.1. The summed E-state index contributed by atoms with van der Waals surface area (Å²) in [6.07, 6.45) is 6.71. The normalized spacial score (nSPS) is 13.4. The average molecular weight is 648 g/mol. The van der Waals surface area contributed by atoms with Crippen molar-refractivity contribution in [1.29, 1.82) is 0 Å². The van der Waals surface area contributed by atoms with Gasteiger partial charge in [-0.3, -0.25) is 0 Å². The third-order valence-electron chi connectivity index (χ3n) is 8.98. The number of allylic oxidation sites excluding steroid dienone is 1. The molecule has 1 aromatic heterocycles. The molecule has 0 atom stereocenters. The van der Waals surface area contributed by atoms with Gasteiger partial charge in [0.05, 0.1) is 5.71 Å². The van der Waals surface area contributed by atoms with Crippen LogP contribution in [0, 0.1) is 0 Å². The number of aromatic nitrogens is 1. The fourth-order valence-corrected chi connectivity index (χ4v) is 6.62. The van der Waals surface area contributed by atoms with Gasteiger partial charge < -0.3 is 14.8 Å². The predicted molar refractivity (Wildman–Crippen MR) is 212 cm³/mol. The lowest BCUT2D eigenvalue weighted by Crippen LogP contribution is -2.24. The molecule has 0 radical (unpaired) electrons. The zero-order valence-corrected chi connectivity index (χ0v) is 29.5. The van der Waals surface area contributed by atoms with E-state index in [1.165, 1.54) is 11.4 Å². The van der Waals surface area contributed by atoms with E-state index in [1.807, 2.05) is 0 Å². The smallest absolute Gasteiger partial charge is 0.162 e. The maximum atomic E-state index is 5.29. The molecule has 6 rings (SSSR count). The summed E-state index contributed by atoms with van der Waals surface area (Å²) >= 11 is 0. The molecular weight excluding hydrogens is 599 g/mol. The molecule has 1 N–H and O–H groups in total. The largest absolute Gasteiger partial charge is 0.372 e. The summed E-state index contributed by atoms with van der Waals surface area (Å²) in [5, 5.41) is 0. The summed E-state index contributed by atoms with van der Waals surface area (Å²) in [6, 6.07) is 41.0. The van der Waals surface area contributed by atoms with E-state index in [4.69, 9.17) is 9.98 Å². The van der Waals surface area contributed by atoms with Crippen molar-refractivity contribution in [2.45, 2.75) is 53.4 Å². The third-order valence-corrected chi connectivity index (χ3v) is 8.98. The number of aromatic amines is 1. The lowest BCUT2D eigenvalue weighted by Gasteiger charge is -2.23. The van der Waals surface area contributed by atoms with E-state index >= 15 is 0 Å². The summed E-state index contributed by atoms with van der Waals surface area (Å²) in [6.45, 7) is 13.2. The summed E-state index contributed by atoms with van der Waals surface area (Å²) in [5.74, 6) is 1.51. The zero-order valence-electron chi connectivity index (χ0n) is 29.5. The van der Waals surface area contributed by atoms with Crippen molar-refractivity contribution in [3.8, 4) is 22.4 Å². The highest BCUT2D eigenvalue weighted by molar-refractivity contribution is 6.38. The van der Waals surface area contributed by atoms with Gasteiger partial charge in [-0.2, -0.15) is 0 Å². The van der Waals surface area contributed by atoms with Crippen LogP contribution < -0.4 is 9.80 Å². The van der Waals surface area contributed by atoms with Gasteiger partial charge in [0.1, 0.15) is 5.82 Å². The molecule has 0 saturated heterocycles. The molecule has 5 aromatic rings. The molecule has 0 aliphatic carbocycles. The first-order valence-electron chi connectivity index (χ1n) is 18.1. The van der Waals surface area contributed by atoms with Gasteiger partial charge in [0.25, 0.3) is 0 Å². The van der Waals surface area contributed by atoms with Crippen LogP contribution in [0.15, 0.2) is 131 Å². The van der Waals surface area contributed by atoms with Crippen LogP contribution in [0.25, 0.3) is 28.0 Å². The van der Waals surface area contributed by atoms with Crippen molar-refractivity contribution in [3.05, 3.63) is 132 Å². The van der Waals surface area contributed by atoms with Gasteiger partial charge in [-0.05, 0) is 78.8 Å². The fraction of sp³-hybridized carbons (Fsp3) is 0.273. The molecule has 1 aliphatic heterocycles. The topological polar surface area (TPSA) is 47.0 Å². The zero-order chi connectivity index (χ0) is 34.0. The molecule has 0 amide bonds. The second kappa shape index (κ2) is 16.3. The Balaban J connectivity index is 1.40. The average Bonchev–Trinajstić information content (AvgIpc) is 3.77. The molecule has 5 nitrogen and oxygen atoms in total. The highest BCUT2D eigenvalue weighted by Gasteiger charge is 2.21. The van der Waals surface area contributed by atoms with E-state index in [9.17, 15) is 0 Å². The highest BCUT2D eigenvalue weighted by Crippen LogP contribution is 2.37. The number of H-pyrrole nitrogens is 1. The van der Waals surface area contributed by atoms with E-state index in [1.54, 1.807) is 0 Å². The number of benzene rings is 4.